The minimum atomic E-state index is -1.81. The summed E-state index contributed by atoms with van der Waals surface area (Å²) in [6.07, 6.45) is 3.73. The number of rotatable bonds is 10. The quantitative estimate of drug-likeness (QED) is 0.266. The lowest BCUT2D eigenvalue weighted by atomic mass is 9.98. The Morgan fingerprint density at radius 2 is 1.65 bits per heavy atom. The maximum absolute atomic E-state index is 6.64. The van der Waals surface area contributed by atoms with Crippen LogP contribution in [-0.2, 0) is 11.0 Å². The molecular weight excluding hydrogens is 452 g/mol. The summed E-state index contributed by atoms with van der Waals surface area (Å²) < 4.78 is 6.64. The summed E-state index contributed by atoms with van der Waals surface area (Å²) in [6, 6.07) is 20.0. The lowest BCUT2D eigenvalue weighted by Gasteiger charge is -2.38. The van der Waals surface area contributed by atoms with E-state index in [1.54, 1.807) is 0 Å². The number of hydrogen-bond acceptors (Lipinski definition) is 2. The van der Waals surface area contributed by atoms with E-state index in [4.69, 9.17) is 16.6 Å². The Morgan fingerprint density at radius 1 is 1.06 bits per heavy atom. The molecule has 2 unspecified atom stereocenters. The van der Waals surface area contributed by atoms with Crippen molar-refractivity contribution in [3.8, 4) is 0 Å². The van der Waals surface area contributed by atoms with Gasteiger partial charge in [0.1, 0.15) is 0 Å². The Bertz CT molecular complexity index is 919. The molecule has 1 aliphatic carbocycles. The maximum Gasteiger partial charge on any atom is 0.192 e. The molecule has 5 heteroatoms. The van der Waals surface area contributed by atoms with E-state index in [1.807, 2.05) is 0 Å². The largest absolute Gasteiger partial charge is 0.410 e. The predicted octanol–water partition coefficient (Wildman–Crippen LogP) is 8.01. The highest BCUT2D eigenvalue weighted by Crippen LogP contribution is 2.45. The second-order valence-corrected chi connectivity index (χ2v) is 16.5. The Labute approximate surface area is 214 Å². The fourth-order valence-electron chi connectivity index (χ4n) is 4.25. The van der Waals surface area contributed by atoms with Crippen molar-refractivity contribution in [2.24, 2.45) is 5.92 Å². The second kappa shape index (κ2) is 11.4. The average molecular weight is 497 g/mol. The first-order valence-electron chi connectivity index (χ1n) is 12.9. The first kappa shape index (κ1) is 26.9. The van der Waals surface area contributed by atoms with Gasteiger partial charge in [-0.2, -0.15) is 0 Å². The fourth-order valence-corrected chi connectivity index (χ4v) is 5.90. The highest BCUT2D eigenvalue weighted by molar-refractivity contribution is 7.80. The van der Waals surface area contributed by atoms with E-state index in [0.29, 0.717) is 12.0 Å². The van der Waals surface area contributed by atoms with Crippen molar-refractivity contribution < 1.29 is 4.43 Å². The van der Waals surface area contributed by atoms with Crippen LogP contribution >= 0.6 is 12.2 Å². The molecule has 0 bridgehead atoms. The monoisotopic (exact) mass is 496 g/mol. The number of nitrogens with zero attached hydrogens (tertiary/aromatic N) is 1. The third-order valence-corrected chi connectivity index (χ3v) is 12.4. The maximum atomic E-state index is 6.64. The topological polar surface area (TPSA) is 24.5 Å². The van der Waals surface area contributed by atoms with Crippen molar-refractivity contribution in [3.63, 3.8) is 0 Å². The third kappa shape index (κ3) is 6.93. The lowest BCUT2D eigenvalue weighted by Crippen LogP contribution is -2.43. The number of benzene rings is 2. The van der Waals surface area contributed by atoms with Gasteiger partial charge in [-0.15, -0.1) is 0 Å². The van der Waals surface area contributed by atoms with Crippen molar-refractivity contribution in [1.82, 2.24) is 10.2 Å². The van der Waals surface area contributed by atoms with Crippen molar-refractivity contribution >= 4 is 25.6 Å². The Balaban J connectivity index is 1.74. The van der Waals surface area contributed by atoms with Gasteiger partial charge in [-0.25, -0.2) is 0 Å². The molecule has 34 heavy (non-hydrogen) atoms. The zero-order chi connectivity index (χ0) is 24.9. The van der Waals surface area contributed by atoms with Gasteiger partial charge >= 0.3 is 0 Å². The standard InChI is InChI=1S/C29H44N2OSSi/c1-8-20-31(28(33)30-21-23-12-10-9-11-13-23)27(26-18-19-26)25-16-14-24(15-17-25)22(2)32-34(6,7)29(3,4)5/h9-17,22,26-27H,8,18-21H2,1-7H3,(H,30,33). The number of hydrogen-bond donors (Lipinski definition) is 1. The van der Waals surface area contributed by atoms with Crippen molar-refractivity contribution in [2.75, 3.05) is 6.54 Å². The Hall–Kier alpha value is -1.69. The van der Waals surface area contributed by atoms with Gasteiger partial charge in [0.25, 0.3) is 0 Å². The summed E-state index contributed by atoms with van der Waals surface area (Å²) in [5.74, 6) is 0.676. The SMILES string of the molecule is CCCN(C(=S)NCc1ccccc1)C(c1ccc(C(C)O[Si](C)(C)C(C)(C)C)cc1)C1CC1. The third-order valence-electron chi connectivity index (χ3n) is 7.44. The molecule has 0 amide bonds. The van der Waals surface area contributed by atoms with E-state index in [0.717, 1.165) is 24.6 Å². The normalized spacial score (nSPS) is 16.1. The summed E-state index contributed by atoms with van der Waals surface area (Å²) in [6.45, 7) is 17.7. The van der Waals surface area contributed by atoms with Crippen LogP contribution in [0.3, 0.4) is 0 Å². The van der Waals surface area contributed by atoms with Crippen LogP contribution in [0, 0.1) is 5.92 Å². The van der Waals surface area contributed by atoms with Gasteiger partial charge in [0.15, 0.2) is 13.4 Å². The Kier molecular flexibility index (Phi) is 8.99. The van der Waals surface area contributed by atoms with Gasteiger partial charge in [0, 0.05) is 13.1 Å². The highest BCUT2D eigenvalue weighted by atomic mass is 32.1. The smallest absolute Gasteiger partial charge is 0.192 e. The van der Waals surface area contributed by atoms with Crippen LogP contribution < -0.4 is 5.32 Å². The molecule has 1 fully saturated rings. The van der Waals surface area contributed by atoms with Gasteiger partial charge in [-0.3, -0.25) is 0 Å². The fraction of sp³-hybridized carbons (Fsp3) is 0.552. The predicted molar refractivity (Wildman–Crippen MR) is 151 cm³/mol. The minimum Gasteiger partial charge on any atom is -0.410 e. The molecule has 1 aliphatic rings. The molecule has 3 rings (SSSR count). The van der Waals surface area contributed by atoms with Gasteiger partial charge in [0.2, 0.25) is 0 Å². The molecule has 0 spiro atoms. The molecule has 2 atom stereocenters. The number of thiocarbonyl (C=S) groups is 1. The highest BCUT2D eigenvalue weighted by Gasteiger charge is 2.39. The molecule has 1 saturated carbocycles. The molecule has 3 nitrogen and oxygen atoms in total. The molecule has 0 aromatic heterocycles. The van der Waals surface area contributed by atoms with Crippen molar-refractivity contribution in [1.29, 1.82) is 0 Å². The summed E-state index contributed by atoms with van der Waals surface area (Å²) in [7, 11) is -1.81. The first-order valence-corrected chi connectivity index (χ1v) is 16.2. The van der Waals surface area contributed by atoms with Crippen LogP contribution in [-0.4, -0.2) is 24.9 Å². The Morgan fingerprint density at radius 3 is 2.18 bits per heavy atom. The molecule has 1 N–H and O–H groups in total. The van der Waals surface area contributed by atoms with E-state index in [2.05, 4.69) is 113 Å². The molecule has 0 aliphatic heterocycles. The van der Waals surface area contributed by atoms with Gasteiger partial charge in [-0.05, 0) is 79.1 Å². The average Bonchev–Trinajstić information content (AvgIpc) is 3.62. The summed E-state index contributed by atoms with van der Waals surface area (Å²) in [4.78, 5) is 2.43. The molecule has 186 valence electrons. The lowest BCUT2D eigenvalue weighted by molar-refractivity contribution is 0.203. The van der Waals surface area contributed by atoms with Crippen LogP contribution in [0.2, 0.25) is 18.1 Å². The summed E-state index contributed by atoms with van der Waals surface area (Å²) in [5.41, 5.74) is 3.88. The van der Waals surface area contributed by atoms with E-state index in [-0.39, 0.29) is 11.1 Å². The van der Waals surface area contributed by atoms with E-state index < -0.39 is 8.32 Å². The second-order valence-electron chi connectivity index (χ2n) is 11.3. The summed E-state index contributed by atoms with van der Waals surface area (Å²) in [5, 5.41) is 4.60. The van der Waals surface area contributed by atoms with Crippen LogP contribution in [0.15, 0.2) is 54.6 Å². The minimum absolute atomic E-state index is 0.106. The molecule has 0 heterocycles. The zero-order valence-electron chi connectivity index (χ0n) is 22.2. The molecule has 2 aromatic rings. The van der Waals surface area contributed by atoms with Gasteiger partial charge < -0.3 is 14.6 Å². The van der Waals surface area contributed by atoms with Crippen molar-refractivity contribution in [2.45, 2.75) is 90.7 Å². The first-order chi connectivity index (χ1) is 16.0. The van der Waals surface area contributed by atoms with Crippen molar-refractivity contribution in [3.05, 3.63) is 71.3 Å². The van der Waals surface area contributed by atoms with Crippen LogP contribution in [0.5, 0.6) is 0 Å². The van der Waals surface area contributed by atoms with E-state index in [9.17, 15) is 0 Å². The zero-order valence-corrected chi connectivity index (χ0v) is 24.0. The van der Waals surface area contributed by atoms with Gasteiger partial charge in [-0.1, -0.05) is 82.3 Å². The molecule has 0 saturated heterocycles. The van der Waals surface area contributed by atoms with Gasteiger partial charge in [0.05, 0.1) is 12.1 Å². The molecule has 0 radical (unpaired) electrons. The molecular formula is C29H44N2OSSi. The van der Waals surface area contributed by atoms with Crippen LogP contribution in [0.1, 0.15) is 82.7 Å². The number of nitrogens with one attached hydrogen (secondary N) is 1. The molecule has 2 aromatic carbocycles. The van der Waals surface area contributed by atoms with E-state index >= 15 is 0 Å². The summed E-state index contributed by atoms with van der Waals surface area (Å²) >= 11 is 5.92. The van der Waals surface area contributed by atoms with Crippen LogP contribution in [0.25, 0.3) is 0 Å². The van der Waals surface area contributed by atoms with E-state index in [1.165, 1.54) is 29.5 Å². The van der Waals surface area contributed by atoms with Crippen LogP contribution in [0.4, 0.5) is 0 Å².